The molecule has 1 aromatic rings. The third-order valence-electron chi connectivity index (χ3n) is 4.83. The summed E-state index contributed by atoms with van der Waals surface area (Å²) >= 11 is 0. The maximum absolute atomic E-state index is 14.9. The van der Waals surface area contributed by atoms with Crippen LogP contribution in [0.2, 0.25) is 0 Å². The quantitative estimate of drug-likeness (QED) is 0.795. The van der Waals surface area contributed by atoms with Gasteiger partial charge in [0.05, 0.1) is 16.9 Å². The fourth-order valence-corrected chi connectivity index (χ4v) is 2.73. The third kappa shape index (κ3) is 3.75. The van der Waals surface area contributed by atoms with Crippen molar-refractivity contribution in [2.75, 3.05) is 0 Å². The third-order valence-corrected chi connectivity index (χ3v) is 4.83. The van der Waals surface area contributed by atoms with Crippen molar-refractivity contribution in [3.05, 3.63) is 22.7 Å². The van der Waals surface area contributed by atoms with E-state index in [9.17, 15) is 4.39 Å². The van der Waals surface area contributed by atoms with Gasteiger partial charge in [0.1, 0.15) is 5.73 Å². The van der Waals surface area contributed by atoms with Crippen LogP contribution in [0.4, 0.5) is 4.39 Å². The van der Waals surface area contributed by atoms with Gasteiger partial charge in [-0.25, -0.2) is 4.39 Å². The molecular formula is C18H30BFN2O2. The molecule has 0 radical (unpaired) electrons. The smallest absolute Gasteiger partial charge is 0.398 e. The Morgan fingerprint density at radius 3 is 2.17 bits per heavy atom. The summed E-state index contributed by atoms with van der Waals surface area (Å²) in [4.78, 5) is 0. The first-order chi connectivity index (χ1) is 10.9. The topological polar surface area (TPSA) is 47.1 Å². The molecule has 0 aliphatic carbocycles. The van der Waals surface area contributed by atoms with Gasteiger partial charge in [0, 0.05) is 11.3 Å². The molecule has 2 heterocycles. The minimum atomic E-state index is -0.975. The molecule has 0 saturated carbocycles. The molecule has 6 heteroatoms. The molecule has 1 aliphatic rings. The van der Waals surface area contributed by atoms with Crippen molar-refractivity contribution in [1.29, 1.82) is 0 Å². The minimum Gasteiger partial charge on any atom is -0.398 e. The van der Waals surface area contributed by atoms with Gasteiger partial charge in [-0.15, -0.1) is 0 Å². The van der Waals surface area contributed by atoms with E-state index in [1.54, 1.807) is 0 Å². The van der Waals surface area contributed by atoms with Gasteiger partial charge >= 0.3 is 7.12 Å². The van der Waals surface area contributed by atoms with E-state index in [0.717, 1.165) is 23.4 Å². The predicted octanol–water partition coefficient (Wildman–Crippen LogP) is 4.67. The molecule has 1 saturated heterocycles. The van der Waals surface area contributed by atoms with E-state index in [4.69, 9.17) is 9.31 Å². The van der Waals surface area contributed by atoms with E-state index in [-0.39, 0.29) is 5.92 Å². The number of aromatic amines is 1. The molecule has 1 aromatic heterocycles. The highest BCUT2D eigenvalue weighted by atomic mass is 19.1. The fourth-order valence-electron chi connectivity index (χ4n) is 2.73. The van der Waals surface area contributed by atoms with Gasteiger partial charge in [-0.3, -0.25) is 5.10 Å². The van der Waals surface area contributed by atoms with Crippen LogP contribution in [0, 0.1) is 5.92 Å². The molecule has 24 heavy (non-hydrogen) atoms. The maximum Gasteiger partial charge on any atom is 0.525 e. The molecule has 1 aliphatic heterocycles. The first kappa shape index (κ1) is 19.2. The normalized spacial score (nSPS) is 20.5. The van der Waals surface area contributed by atoms with Crippen molar-refractivity contribution >= 4 is 13.2 Å². The summed E-state index contributed by atoms with van der Waals surface area (Å²) in [5.41, 5.74) is 1.13. The lowest BCUT2D eigenvalue weighted by Crippen LogP contribution is -2.41. The van der Waals surface area contributed by atoms with Crippen molar-refractivity contribution in [1.82, 2.24) is 10.2 Å². The summed E-state index contributed by atoms with van der Waals surface area (Å²) in [6, 6.07) is 0. The van der Waals surface area contributed by atoms with E-state index in [0.29, 0.717) is 5.92 Å². The van der Waals surface area contributed by atoms with Gasteiger partial charge in [0.2, 0.25) is 0 Å². The zero-order chi connectivity index (χ0) is 18.3. The summed E-state index contributed by atoms with van der Waals surface area (Å²) in [5.74, 6) is 0.664. The maximum atomic E-state index is 14.9. The molecule has 1 N–H and O–H groups in total. The van der Waals surface area contributed by atoms with Gasteiger partial charge in [-0.1, -0.05) is 27.7 Å². The van der Waals surface area contributed by atoms with E-state index in [2.05, 4.69) is 37.9 Å². The van der Waals surface area contributed by atoms with Crippen molar-refractivity contribution in [3.8, 4) is 0 Å². The van der Waals surface area contributed by atoms with Gasteiger partial charge in [0.15, 0.2) is 0 Å². The molecule has 2 rings (SSSR count). The number of hydrogen-bond donors (Lipinski definition) is 1. The second kappa shape index (κ2) is 6.64. The molecule has 1 fully saturated rings. The lowest BCUT2D eigenvalue weighted by atomic mass is 9.85. The van der Waals surface area contributed by atoms with Crippen LogP contribution in [0.3, 0.4) is 0 Å². The average molecular weight is 336 g/mol. The molecule has 0 bridgehead atoms. The van der Waals surface area contributed by atoms with E-state index in [1.807, 2.05) is 27.7 Å². The molecule has 0 atom stereocenters. The van der Waals surface area contributed by atoms with Crippen molar-refractivity contribution in [2.45, 2.75) is 78.9 Å². The highest BCUT2D eigenvalue weighted by Crippen LogP contribution is 2.39. The number of halogens is 1. The molecular weight excluding hydrogens is 306 g/mol. The Balaban J connectivity index is 2.35. The average Bonchev–Trinajstić information content (AvgIpc) is 2.88. The monoisotopic (exact) mass is 336 g/mol. The largest absolute Gasteiger partial charge is 0.525 e. The Kier molecular flexibility index (Phi) is 5.31. The van der Waals surface area contributed by atoms with E-state index < -0.39 is 24.0 Å². The summed E-state index contributed by atoms with van der Waals surface area (Å²) in [6.45, 7) is 16.0. The number of nitrogens with one attached hydrogen (secondary N) is 1. The van der Waals surface area contributed by atoms with Crippen LogP contribution in [-0.4, -0.2) is 28.5 Å². The number of aromatic nitrogens is 2. The van der Waals surface area contributed by atoms with Gasteiger partial charge in [0.25, 0.3) is 0 Å². The van der Waals surface area contributed by atoms with Gasteiger partial charge in [-0.2, -0.15) is 5.10 Å². The zero-order valence-corrected chi connectivity index (χ0v) is 16.2. The standard InChI is InChI=1S/C18H30BFN2O2/c1-11(2)9-14-13(16(12(3)4)22-21-14)10-15(20)19-23-17(5,6)18(7,8)24-19/h10-12H,9H2,1-8H3,(H,21,22). The molecule has 134 valence electrons. The lowest BCUT2D eigenvalue weighted by molar-refractivity contribution is 0.00578. The highest BCUT2D eigenvalue weighted by Gasteiger charge is 2.53. The first-order valence-corrected chi connectivity index (χ1v) is 8.74. The van der Waals surface area contributed by atoms with Crippen LogP contribution < -0.4 is 0 Å². The predicted molar refractivity (Wildman–Crippen MR) is 96.4 cm³/mol. The van der Waals surface area contributed by atoms with E-state index in [1.165, 1.54) is 6.08 Å². The van der Waals surface area contributed by atoms with Gasteiger partial charge in [-0.05, 0) is 52.0 Å². The molecule has 4 nitrogen and oxygen atoms in total. The number of nitrogens with zero attached hydrogens (tertiary/aromatic N) is 1. The Morgan fingerprint density at radius 1 is 1.17 bits per heavy atom. The fraction of sp³-hybridized carbons (Fsp3) is 0.722. The number of H-pyrrole nitrogens is 1. The van der Waals surface area contributed by atoms with Crippen LogP contribution in [-0.2, 0) is 15.7 Å². The van der Waals surface area contributed by atoms with Crippen molar-refractivity contribution in [2.24, 2.45) is 5.92 Å². The SMILES string of the molecule is CC(C)Cc1[nH]nc(C(C)C)c1C=C(F)B1OC(C)(C)C(C)(C)O1. The summed E-state index contributed by atoms with van der Waals surface area (Å²) in [6.07, 6.45) is 2.35. The Morgan fingerprint density at radius 2 is 1.71 bits per heavy atom. The Labute approximate surface area is 145 Å². The van der Waals surface area contributed by atoms with E-state index >= 15 is 0 Å². The van der Waals surface area contributed by atoms with Crippen LogP contribution >= 0.6 is 0 Å². The second-order valence-electron chi connectivity index (χ2n) is 8.37. The molecule has 0 aromatic carbocycles. The van der Waals surface area contributed by atoms with Crippen LogP contribution in [0.5, 0.6) is 0 Å². The van der Waals surface area contributed by atoms with Crippen molar-refractivity contribution < 1.29 is 13.7 Å². The summed E-state index contributed by atoms with van der Waals surface area (Å²) < 4.78 is 26.5. The summed E-state index contributed by atoms with van der Waals surface area (Å²) in [7, 11) is -0.975. The summed E-state index contributed by atoms with van der Waals surface area (Å²) in [5, 5.41) is 7.46. The van der Waals surface area contributed by atoms with Gasteiger partial charge < -0.3 is 9.31 Å². The molecule has 0 amide bonds. The Hall–Kier alpha value is -1.14. The first-order valence-electron chi connectivity index (χ1n) is 8.74. The second-order valence-corrected chi connectivity index (χ2v) is 8.37. The zero-order valence-electron chi connectivity index (χ0n) is 16.2. The molecule has 0 unspecified atom stereocenters. The Bertz CT molecular complexity index is 605. The van der Waals surface area contributed by atoms with Crippen LogP contribution in [0.1, 0.15) is 78.3 Å². The number of hydrogen-bond acceptors (Lipinski definition) is 3. The van der Waals surface area contributed by atoms with Crippen molar-refractivity contribution in [3.63, 3.8) is 0 Å². The van der Waals surface area contributed by atoms with Crippen LogP contribution in [0.25, 0.3) is 6.08 Å². The minimum absolute atomic E-state index is 0.208. The van der Waals surface area contributed by atoms with Crippen LogP contribution in [0.15, 0.2) is 5.73 Å². The highest BCUT2D eigenvalue weighted by molar-refractivity contribution is 6.54. The molecule has 0 spiro atoms. The lowest BCUT2D eigenvalue weighted by Gasteiger charge is -2.32. The number of rotatable bonds is 5.